The first-order chi connectivity index (χ1) is 10.0. The van der Waals surface area contributed by atoms with Crippen molar-refractivity contribution in [2.24, 2.45) is 5.92 Å². The third kappa shape index (κ3) is 5.47. The molecule has 1 N–H and O–H groups in total. The van der Waals surface area contributed by atoms with Gasteiger partial charge in [-0.05, 0) is 17.5 Å². The molecule has 0 aliphatic carbocycles. The van der Waals surface area contributed by atoms with Gasteiger partial charge in [-0.1, -0.05) is 37.9 Å². The third-order valence-electron chi connectivity index (χ3n) is 4.24. The molecule has 5 nitrogen and oxygen atoms in total. The summed E-state index contributed by atoms with van der Waals surface area (Å²) in [6.45, 7) is 8.21. The second kappa shape index (κ2) is 10.3. The Balaban J connectivity index is 0.00000242. The molecule has 23 heavy (non-hydrogen) atoms. The molecule has 132 valence electrons. The zero-order valence-corrected chi connectivity index (χ0v) is 15.7. The van der Waals surface area contributed by atoms with Crippen LogP contribution in [0.5, 0.6) is 0 Å². The van der Waals surface area contributed by atoms with Gasteiger partial charge < -0.3 is 5.32 Å². The van der Waals surface area contributed by atoms with E-state index in [1.54, 1.807) is 12.1 Å². The van der Waals surface area contributed by atoms with Gasteiger partial charge in [-0.25, -0.2) is 0 Å². The van der Waals surface area contributed by atoms with E-state index in [0.717, 1.165) is 38.2 Å². The number of rotatable bonds is 5. The zero-order valence-electron chi connectivity index (χ0n) is 13.3. The first-order valence-corrected chi connectivity index (χ1v) is 7.81. The molecule has 1 heterocycles. The second-order valence-corrected chi connectivity index (χ2v) is 5.99. The Kier molecular flexibility index (Phi) is 10.0. The minimum absolute atomic E-state index is 0. The summed E-state index contributed by atoms with van der Waals surface area (Å²) in [6.07, 6.45) is 1.03. The number of hydrogen-bond donors (Lipinski definition) is 1. The molecule has 2 rings (SSSR count). The molecule has 2 atom stereocenters. The van der Waals surface area contributed by atoms with Gasteiger partial charge in [0.15, 0.2) is 0 Å². The molecule has 1 fully saturated rings. The summed E-state index contributed by atoms with van der Waals surface area (Å²) in [4.78, 5) is 13.1. The summed E-state index contributed by atoms with van der Waals surface area (Å²) < 4.78 is 0. The lowest BCUT2D eigenvalue weighted by molar-refractivity contribution is -0.384. The van der Waals surface area contributed by atoms with Gasteiger partial charge in [0.1, 0.15) is 5.02 Å². The summed E-state index contributed by atoms with van der Waals surface area (Å²) in [6, 6.07) is 5.41. The van der Waals surface area contributed by atoms with Gasteiger partial charge in [0, 0.05) is 38.3 Å². The number of nitrogens with zero attached hydrogens (tertiary/aromatic N) is 2. The highest BCUT2D eigenvalue weighted by molar-refractivity contribution is 6.32. The highest BCUT2D eigenvalue weighted by Gasteiger charge is 2.28. The standard InChI is InChI=1S/C15H22ClN3O2.2ClH/c1-3-11(2)15(18-8-6-17-7-9-18)12-4-5-13(16)14(10-12)19(20)21;;/h4-5,10-11,15,17H,3,6-9H2,1-2H3;2*1H/t11?,15-;;/m0../s1. The number of nitro benzene ring substituents is 1. The van der Waals surface area contributed by atoms with Crippen molar-refractivity contribution < 1.29 is 4.92 Å². The van der Waals surface area contributed by atoms with Crippen molar-refractivity contribution in [1.82, 2.24) is 10.2 Å². The molecule has 1 aliphatic rings. The normalized spacial score (nSPS) is 17.5. The van der Waals surface area contributed by atoms with Crippen molar-refractivity contribution in [2.45, 2.75) is 26.3 Å². The SMILES string of the molecule is CCC(C)[C@@H](c1ccc(Cl)c([N+](=O)[O-])c1)N1CCNCC1.Cl.Cl. The Labute approximate surface area is 154 Å². The van der Waals surface area contributed by atoms with Crippen LogP contribution < -0.4 is 5.32 Å². The number of nitro groups is 1. The van der Waals surface area contributed by atoms with E-state index in [4.69, 9.17) is 11.6 Å². The van der Waals surface area contributed by atoms with Crippen LogP contribution in [0, 0.1) is 16.0 Å². The predicted molar refractivity (Wildman–Crippen MR) is 99.2 cm³/mol. The number of hydrogen-bond acceptors (Lipinski definition) is 4. The van der Waals surface area contributed by atoms with E-state index in [2.05, 4.69) is 24.1 Å². The van der Waals surface area contributed by atoms with Crippen LogP contribution in [0.15, 0.2) is 18.2 Å². The fourth-order valence-electron chi connectivity index (χ4n) is 2.94. The highest BCUT2D eigenvalue weighted by Crippen LogP contribution is 2.35. The van der Waals surface area contributed by atoms with Crippen molar-refractivity contribution >= 4 is 42.1 Å². The number of piperazine rings is 1. The molecule has 0 spiro atoms. The maximum atomic E-state index is 11.1. The van der Waals surface area contributed by atoms with Crippen LogP contribution in [-0.2, 0) is 0 Å². The quantitative estimate of drug-likeness (QED) is 0.614. The largest absolute Gasteiger partial charge is 0.314 e. The van der Waals surface area contributed by atoms with Gasteiger partial charge in [0.2, 0.25) is 0 Å². The van der Waals surface area contributed by atoms with Crippen LogP contribution in [0.4, 0.5) is 5.69 Å². The fraction of sp³-hybridized carbons (Fsp3) is 0.600. The summed E-state index contributed by atoms with van der Waals surface area (Å²) in [5.41, 5.74) is 0.986. The van der Waals surface area contributed by atoms with Gasteiger partial charge in [-0.15, -0.1) is 24.8 Å². The van der Waals surface area contributed by atoms with Crippen molar-refractivity contribution in [3.8, 4) is 0 Å². The molecule has 0 amide bonds. The molecule has 1 aromatic carbocycles. The number of halogens is 3. The van der Waals surface area contributed by atoms with Crippen molar-refractivity contribution in [2.75, 3.05) is 26.2 Å². The zero-order chi connectivity index (χ0) is 15.4. The summed E-state index contributed by atoms with van der Waals surface area (Å²) >= 11 is 5.93. The van der Waals surface area contributed by atoms with Crippen LogP contribution >= 0.6 is 36.4 Å². The first kappa shape index (κ1) is 22.4. The molecule has 0 bridgehead atoms. The monoisotopic (exact) mass is 383 g/mol. The molecule has 8 heteroatoms. The molecule has 1 saturated heterocycles. The van der Waals surface area contributed by atoms with E-state index in [1.807, 2.05) is 6.07 Å². The van der Waals surface area contributed by atoms with E-state index in [-0.39, 0.29) is 41.6 Å². The molecule has 0 radical (unpaired) electrons. The minimum Gasteiger partial charge on any atom is -0.314 e. The Morgan fingerprint density at radius 2 is 1.96 bits per heavy atom. The molecule has 1 aliphatic heterocycles. The number of nitrogens with one attached hydrogen (secondary N) is 1. The van der Waals surface area contributed by atoms with Gasteiger partial charge in [0.25, 0.3) is 5.69 Å². The topological polar surface area (TPSA) is 58.4 Å². The smallest absolute Gasteiger partial charge is 0.288 e. The lowest BCUT2D eigenvalue weighted by Crippen LogP contribution is -2.46. The van der Waals surface area contributed by atoms with E-state index >= 15 is 0 Å². The van der Waals surface area contributed by atoms with Crippen molar-refractivity contribution in [3.63, 3.8) is 0 Å². The van der Waals surface area contributed by atoms with E-state index in [0.29, 0.717) is 5.92 Å². The van der Waals surface area contributed by atoms with Gasteiger partial charge in [0.05, 0.1) is 4.92 Å². The Morgan fingerprint density at radius 1 is 1.35 bits per heavy atom. The lowest BCUT2D eigenvalue weighted by atomic mass is 9.90. The second-order valence-electron chi connectivity index (χ2n) is 5.58. The van der Waals surface area contributed by atoms with Gasteiger partial charge >= 0.3 is 0 Å². The fourth-order valence-corrected chi connectivity index (χ4v) is 3.12. The average molecular weight is 385 g/mol. The van der Waals surface area contributed by atoms with E-state index in [9.17, 15) is 10.1 Å². The molecule has 1 unspecified atom stereocenters. The Morgan fingerprint density at radius 3 is 2.48 bits per heavy atom. The molecule has 1 aromatic rings. The van der Waals surface area contributed by atoms with Crippen molar-refractivity contribution in [1.29, 1.82) is 0 Å². The van der Waals surface area contributed by atoms with E-state index < -0.39 is 4.92 Å². The van der Waals surface area contributed by atoms with Gasteiger partial charge in [-0.3, -0.25) is 15.0 Å². The summed E-state index contributed by atoms with van der Waals surface area (Å²) in [7, 11) is 0. The predicted octanol–water partition coefficient (Wildman–Crippen LogP) is 4.08. The number of benzene rings is 1. The van der Waals surface area contributed by atoms with Crippen LogP contribution in [0.2, 0.25) is 5.02 Å². The van der Waals surface area contributed by atoms with Gasteiger partial charge in [-0.2, -0.15) is 0 Å². The first-order valence-electron chi connectivity index (χ1n) is 7.43. The average Bonchev–Trinajstić information content (AvgIpc) is 2.49. The van der Waals surface area contributed by atoms with Crippen LogP contribution in [0.3, 0.4) is 0 Å². The molecule has 0 saturated carbocycles. The van der Waals surface area contributed by atoms with Crippen LogP contribution in [0.25, 0.3) is 0 Å². The van der Waals surface area contributed by atoms with Crippen LogP contribution in [0.1, 0.15) is 31.9 Å². The lowest BCUT2D eigenvalue weighted by Gasteiger charge is -2.38. The van der Waals surface area contributed by atoms with E-state index in [1.165, 1.54) is 0 Å². The molecule has 0 aromatic heterocycles. The minimum atomic E-state index is -0.405. The summed E-state index contributed by atoms with van der Waals surface area (Å²) in [5.74, 6) is 0.434. The van der Waals surface area contributed by atoms with Crippen LogP contribution in [-0.4, -0.2) is 36.0 Å². The maximum Gasteiger partial charge on any atom is 0.288 e. The maximum absolute atomic E-state index is 11.1. The Bertz CT molecular complexity index is 511. The molecular formula is C15H24Cl3N3O2. The van der Waals surface area contributed by atoms with Crippen molar-refractivity contribution in [3.05, 3.63) is 38.9 Å². The highest BCUT2D eigenvalue weighted by atomic mass is 35.5. The summed E-state index contributed by atoms with van der Waals surface area (Å²) in [5, 5.41) is 14.7. The third-order valence-corrected chi connectivity index (χ3v) is 4.56. The molecular weight excluding hydrogens is 361 g/mol. The Hall–Kier alpha value is -0.590.